The lowest BCUT2D eigenvalue weighted by Crippen LogP contribution is -2.42. The van der Waals surface area contributed by atoms with Gasteiger partial charge in [-0.3, -0.25) is 29.8 Å². The number of nitro benzene ring substituents is 2. The van der Waals surface area contributed by atoms with Crippen LogP contribution in [0.25, 0.3) is 0 Å². The number of nitro groups is 2. The van der Waals surface area contributed by atoms with Gasteiger partial charge in [-0.2, -0.15) is 0 Å². The minimum Gasteiger partial charge on any atom is -0.480 e. The molecule has 2 N–H and O–H groups in total. The molecule has 0 unspecified atom stereocenters. The van der Waals surface area contributed by atoms with Gasteiger partial charge >= 0.3 is 5.97 Å². The van der Waals surface area contributed by atoms with Gasteiger partial charge in [0.1, 0.15) is 11.8 Å². The number of nitrogens with zero attached hydrogens (tertiary/aromatic N) is 2. The Balaban J connectivity index is 3.15. The third kappa shape index (κ3) is 4.84. The normalized spacial score (nSPS) is 11.3. The van der Waals surface area contributed by atoms with Gasteiger partial charge in [0.2, 0.25) is 0 Å². The van der Waals surface area contributed by atoms with E-state index < -0.39 is 56.9 Å². The number of aliphatic carboxylic acids is 1. The van der Waals surface area contributed by atoms with Crippen LogP contribution in [0.2, 0.25) is 0 Å². The molecule has 0 aromatic heterocycles. The number of nitrogens with one attached hydrogen (secondary N) is 1. The van der Waals surface area contributed by atoms with Crippen LogP contribution in [0, 0.1) is 20.2 Å². The monoisotopic (exact) mass is 325 g/mol. The van der Waals surface area contributed by atoms with E-state index in [-0.39, 0.29) is 0 Å². The summed E-state index contributed by atoms with van der Waals surface area (Å²) in [5, 5.41) is 32.4. The van der Waals surface area contributed by atoms with E-state index in [0.29, 0.717) is 6.07 Å². The maximum absolute atomic E-state index is 12.0. The number of hydrogen-bond donors (Lipinski definition) is 2. The van der Waals surface area contributed by atoms with Crippen LogP contribution in [0.5, 0.6) is 0 Å². The number of hydrogen-bond acceptors (Lipinski definition) is 7. The van der Waals surface area contributed by atoms with Crippen LogP contribution in [-0.4, -0.2) is 38.7 Å². The van der Waals surface area contributed by atoms with Crippen molar-refractivity contribution < 1.29 is 29.3 Å². The average molecular weight is 325 g/mol. The molecule has 0 spiro atoms. The summed E-state index contributed by atoms with van der Waals surface area (Å²) in [7, 11) is 0. The van der Waals surface area contributed by atoms with Gasteiger partial charge in [-0.25, -0.2) is 4.79 Å². The topological polar surface area (TPSA) is 170 Å². The Bertz CT molecular complexity index is 667. The highest BCUT2D eigenvalue weighted by Crippen LogP contribution is 2.22. The molecule has 0 radical (unpaired) electrons. The van der Waals surface area contributed by atoms with Crippen molar-refractivity contribution in [2.75, 3.05) is 0 Å². The number of carbonyl (C=O) groups excluding carboxylic acids is 2. The fourth-order valence-corrected chi connectivity index (χ4v) is 1.67. The molecule has 1 aromatic carbocycles. The molecule has 0 aliphatic carbocycles. The first kappa shape index (κ1) is 17.7. The van der Waals surface area contributed by atoms with E-state index in [4.69, 9.17) is 5.11 Å². The largest absolute Gasteiger partial charge is 0.480 e. The molecule has 0 heterocycles. The number of carbonyl (C=O) groups is 3. The van der Waals surface area contributed by atoms with Gasteiger partial charge in [0.25, 0.3) is 17.3 Å². The number of carboxylic acid groups (broad SMARTS) is 1. The first-order valence-corrected chi connectivity index (χ1v) is 6.08. The third-order valence-electron chi connectivity index (χ3n) is 2.68. The number of Topliss-reactive ketones (excluding diaryl/α,β-unsaturated/α-hetero) is 1. The minimum atomic E-state index is -1.54. The Hall–Kier alpha value is -3.37. The molecule has 1 amide bonds. The molecule has 0 aliphatic heterocycles. The smallest absolute Gasteiger partial charge is 0.326 e. The van der Waals surface area contributed by atoms with E-state index in [2.05, 4.69) is 0 Å². The first-order chi connectivity index (χ1) is 10.6. The fourth-order valence-electron chi connectivity index (χ4n) is 1.67. The number of rotatable bonds is 7. The molecule has 23 heavy (non-hydrogen) atoms. The molecule has 122 valence electrons. The molecule has 0 saturated carbocycles. The van der Waals surface area contributed by atoms with Crippen LogP contribution in [0.15, 0.2) is 18.2 Å². The Kier molecular flexibility index (Phi) is 5.43. The van der Waals surface area contributed by atoms with Crippen LogP contribution < -0.4 is 5.32 Å². The van der Waals surface area contributed by atoms with Crippen molar-refractivity contribution in [3.8, 4) is 0 Å². The number of ketones is 1. The molecule has 11 heteroatoms. The van der Waals surface area contributed by atoms with Crippen LogP contribution in [0.4, 0.5) is 11.4 Å². The SMILES string of the molecule is CC(=O)C[C@@H](NC(=O)c1cc([N+](=O)[O-])cc([N+](=O)[O-])c1)C(=O)O. The molecule has 1 atom stereocenters. The summed E-state index contributed by atoms with van der Waals surface area (Å²) in [4.78, 5) is 53.5. The van der Waals surface area contributed by atoms with Gasteiger partial charge in [0.15, 0.2) is 0 Å². The van der Waals surface area contributed by atoms with E-state index in [1.54, 1.807) is 0 Å². The molecular weight excluding hydrogens is 314 g/mol. The summed E-state index contributed by atoms with van der Waals surface area (Å²) in [6.07, 6.45) is -0.488. The number of amides is 1. The Labute approximate surface area is 128 Å². The van der Waals surface area contributed by atoms with Crippen molar-refractivity contribution in [3.63, 3.8) is 0 Å². The van der Waals surface area contributed by atoms with Crippen LogP contribution in [0.3, 0.4) is 0 Å². The highest BCUT2D eigenvalue weighted by molar-refractivity contribution is 5.98. The molecule has 1 rings (SSSR count). The van der Waals surface area contributed by atoms with Crippen LogP contribution >= 0.6 is 0 Å². The van der Waals surface area contributed by atoms with Gasteiger partial charge in [0.05, 0.1) is 21.5 Å². The molecular formula is C12H11N3O8. The van der Waals surface area contributed by atoms with Crippen molar-refractivity contribution in [1.29, 1.82) is 0 Å². The standard InChI is InChI=1S/C12H11N3O8/c1-6(16)2-10(12(18)19)13-11(17)7-3-8(14(20)21)5-9(4-7)15(22)23/h3-5,10H,2H2,1H3,(H,13,17)(H,18,19)/t10-/m1/s1. The number of non-ortho nitro benzene ring substituents is 2. The molecule has 0 fully saturated rings. The average Bonchev–Trinajstić information content (AvgIpc) is 2.45. The third-order valence-corrected chi connectivity index (χ3v) is 2.68. The Morgan fingerprint density at radius 1 is 1.13 bits per heavy atom. The van der Waals surface area contributed by atoms with Crippen molar-refractivity contribution >= 4 is 29.0 Å². The van der Waals surface area contributed by atoms with E-state index in [1.807, 2.05) is 5.32 Å². The summed E-state index contributed by atoms with van der Waals surface area (Å²) < 4.78 is 0. The maximum atomic E-state index is 12.0. The van der Waals surface area contributed by atoms with Gasteiger partial charge in [-0.05, 0) is 6.92 Å². The zero-order valence-electron chi connectivity index (χ0n) is 11.7. The van der Waals surface area contributed by atoms with Gasteiger partial charge in [-0.15, -0.1) is 0 Å². The van der Waals surface area contributed by atoms with E-state index in [9.17, 15) is 34.6 Å². The zero-order valence-corrected chi connectivity index (χ0v) is 11.7. The lowest BCUT2D eigenvalue weighted by molar-refractivity contribution is -0.394. The van der Waals surface area contributed by atoms with Gasteiger partial charge < -0.3 is 10.4 Å². The van der Waals surface area contributed by atoms with Crippen molar-refractivity contribution in [2.24, 2.45) is 0 Å². The van der Waals surface area contributed by atoms with Gasteiger partial charge in [-0.1, -0.05) is 0 Å². The lowest BCUT2D eigenvalue weighted by atomic mass is 10.1. The first-order valence-electron chi connectivity index (χ1n) is 6.08. The second-order valence-corrected chi connectivity index (χ2v) is 4.52. The summed E-state index contributed by atoms with van der Waals surface area (Å²) in [6, 6.07) is 0.670. The number of benzene rings is 1. The maximum Gasteiger partial charge on any atom is 0.326 e. The Morgan fingerprint density at radius 2 is 1.61 bits per heavy atom. The van der Waals surface area contributed by atoms with Crippen molar-refractivity contribution in [2.45, 2.75) is 19.4 Å². The van der Waals surface area contributed by atoms with E-state index in [1.165, 1.54) is 0 Å². The second kappa shape index (κ2) is 7.06. The van der Waals surface area contributed by atoms with E-state index >= 15 is 0 Å². The molecule has 11 nitrogen and oxygen atoms in total. The van der Waals surface area contributed by atoms with Gasteiger partial charge in [0, 0.05) is 18.6 Å². The van der Waals surface area contributed by atoms with Crippen molar-refractivity contribution in [3.05, 3.63) is 44.0 Å². The molecule has 0 aliphatic rings. The van der Waals surface area contributed by atoms with E-state index in [0.717, 1.165) is 19.1 Å². The predicted molar refractivity (Wildman–Crippen MR) is 73.9 cm³/mol. The molecule has 0 bridgehead atoms. The van der Waals surface area contributed by atoms with Crippen molar-refractivity contribution in [1.82, 2.24) is 5.32 Å². The molecule has 0 saturated heterocycles. The van der Waals surface area contributed by atoms with Crippen LogP contribution in [0.1, 0.15) is 23.7 Å². The highest BCUT2D eigenvalue weighted by atomic mass is 16.6. The summed E-state index contributed by atoms with van der Waals surface area (Å²) in [5.41, 5.74) is -1.84. The van der Waals surface area contributed by atoms with Crippen LogP contribution in [-0.2, 0) is 9.59 Å². The second-order valence-electron chi connectivity index (χ2n) is 4.52. The number of carboxylic acids is 1. The minimum absolute atomic E-state index is 0.458. The lowest BCUT2D eigenvalue weighted by Gasteiger charge is -2.12. The zero-order chi connectivity index (χ0) is 17.7. The summed E-state index contributed by atoms with van der Waals surface area (Å²) in [5.74, 6) is -3.05. The summed E-state index contributed by atoms with van der Waals surface area (Å²) in [6.45, 7) is 1.13. The summed E-state index contributed by atoms with van der Waals surface area (Å²) >= 11 is 0. The Morgan fingerprint density at radius 3 is 1.96 bits per heavy atom. The quantitative estimate of drug-likeness (QED) is 0.544. The fraction of sp³-hybridized carbons (Fsp3) is 0.250. The molecule has 1 aromatic rings. The highest BCUT2D eigenvalue weighted by Gasteiger charge is 2.25. The predicted octanol–water partition coefficient (Wildman–Crippen LogP) is 0.665.